The first-order chi connectivity index (χ1) is 15.1. The van der Waals surface area contributed by atoms with E-state index in [4.69, 9.17) is 15.4 Å². The normalized spacial score (nSPS) is 20.4. The Hall–Kier alpha value is -3.48. The van der Waals surface area contributed by atoms with Crippen molar-refractivity contribution in [1.82, 2.24) is 4.90 Å². The lowest BCUT2D eigenvalue weighted by Crippen LogP contribution is -2.44. The van der Waals surface area contributed by atoms with E-state index in [1.165, 1.54) is 29.4 Å². The Labute approximate surface area is 182 Å². The molecule has 1 spiro atoms. The maximum atomic E-state index is 13.3. The Morgan fingerprint density at radius 3 is 2.50 bits per heavy atom. The lowest BCUT2D eigenvalue weighted by Gasteiger charge is -2.40. The van der Waals surface area contributed by atoms with E-state index in [1.807, 2.05) is 4.90 Å². The minimum atomic E-state index is -4.62. The number of hydrogen-bond acceptors (Lipinski definition) is 5. The minimum absolute atomic E-state index is 0.128. The third-order valence-electron chi connectivity index (χ3n) is 6.45. The maximum Gasteiger partial charge on any atom is 0.417 e. The number of hydrogen-bond donors (Lipinski definition) is 1. The largest absolute Gasteiger partial charge is 0.459 e. The van der Waals surface area contributed by atoms with Crippen LogP contribution in [0.1, 0.15) is 40.9 Å². The van der Waals surface area contributed by atoms with E-state index in [0.717, 1.165) is 6.07 Å². The van der Waals surface area contributed by atoms with E-state index in [0.29, 0.717) is 44.6 Å². The molecule has 2 aromatic rings. The summed E-state index contributed by atoms with van der Waals surface area (Å²) in [6.07, 6.45) is -1.67. The van der Waals surface area contributed by atoms with Gasteiger partial charge in [-0.2, -0.15) is 18.4 Å². The fraction of sp³-hybridized carbons (Fsp3) is 0.409. The second-order valence-electron chi connectivity index (χ2n) is 8.36. The highest BCUT2D eigenvalue weighted by Crippen LogP contribution is 2.45. The molecule has 0 radical (unpaired) electrons. The summed E-state index contributed by atoms with van der Waals surface area (Å²) in [6.45, 7) is 1.24. The number of alkyl halides is 3. The van der Waals surface area contributed by atoms with Crippen molar-refractivity contribution in [2.24, 2.45) is 11.1 Å². The second kappa shape index (κ2) is 7.89. The summed E-state index contributed by atoms with van der Waals surface area (Å²) < 4.78 is 45.1. The van der Waals surface area contributed by atoms with Crippen LogP contribution in [0.5, 0.6) is 0 Å². The highest BCUT2D eigenvalue weighted by atomic mass is 19.4. The molecule has 0 bridgehead atoms. The Morgan fingerprint density at radius 2 is 1.94 bits per heavy atom. The van der Waals surface area contributed by atoms with Crippen molar-refractivity contribution in [3.05, 3.63) is 53.5 Å². The van der Waals surface area contributed by atoms with Gasteiger partial charge >= 0.3 is 6.18 Å². The van der Waals surface area contributed by atoms with Crippen LogP contribution in [0.3, 0.4) is 0 Å². The number of nitrogens with two attached hydrogens (primary N) is 1. The van der Waals surface area contributed by atoms with Gasteiger partial charge in [0.1, 0.15) is 6.04 Å². The number of anilines is 1. The number of halogens is 3. The zero-order valence-corrected chi connectivity index (χ0v) is 17.1. The van der Waals surface area contributed by atoms with E-state index >= 15 is 0 Å². The molecule has 0 aliphatic carbocycles. The lowest BCUT2D eigenvalue weighted by molar-refractivity contribution is -0.137. The van der Waals surface area contributed by atoms with Gasteiger partial charge in [0.05, 0.1) is 23.5 Å². The molecule has 3 heterocycles. The van der Waals surface area contributed by atoms with Gasteiger partial charge in [-0.25, -0.2) is 0 Å². The summed E-state index contributed by atoms with van der Waals surface area (Å²) in [5.41, 5.74) is 4.23. The average molecular weight is 446 g/mol. The fourth-order valence-corrected chi connectivity index (χ4v) is 4.73. The van der Waals surface area contributed by atoms with Crippen LogP contribution in [-0.2, 0) is 11.0 Å². The van der Waals surface area contributed by atoms with Gasteiger partial charge in [-0.1, -0.05) is 0 Å². The van der Waals surface area contributed by atoms with Gasteiger partial charge in [-0.3, -0.25) is 9.59 Å². The van der Waals surface area contributed by atoms with Crippen molar-refractivity contribution in [1.29, 1.82) is 5.26 Å². The number of nitrogens with zero attached hydrogens (tertiary/aromatic N) is 3. The van der Waals surface area contributed by atoms with Gasteiger partial charge < -0.3 is 20.0 Å². The van der Waals surface area contributed by atoms with Gasteiger partial charge in [0, 0.05) is 25.3 Å². The molecule has 2 amide bonds. The third-order valence-corrected chi connectivity index (χ3v) is 6.45. The van der Waals surface area contributed by atoms with Crippen molar-refractivity contribution >= 4 is 17.5 Å². The van der Waals surface area contributed by atoms with E-state index in [1.54, 1.807) is 12.1 Å². The first kappa shape index (κ1) is 21.7. The summed E-state index contributed by atoms with van der Waals surface area (Å²) in [7, 11) is 0. The molecular weight excluding hydrogens is 425 g/mol. The predicted molar refractivity (Wildman–Crippen MR) is 107 cm³/mol. The van der Waals surface area contributed by atoms with Crippen molar-refractivity contribution in [3.63, 3.8) is 0 Å². The topological polar surface area (TPSA) is 104 Å². The molecule has 2 fully saturated rings. The summed E-state index contributed by atoms with van der Waals surface area (Å²) in [4.78, 5) is 28.1. The Kier molecular flexibility index (Phi) is 5.36. The summed E-state index contributed by atoms with van der Waals surface area (Å²) in [6, 6.07) is 7.64. The number of nitriles is 1. The minimum Gasteiger partial charge on any atom is -0.459 e. The molecule has 1 unspecified atom stereocenters. The molecule has 32 heavy (non-hydrogen) atoms. The first-order valence-electron chi connectivity index (χ1n) is 10.1. The van der Waals surface area contributed by atoms with E-state index < -0.39 is 35.2 Å². The zero-order valence-electron chi connectivity index (χ0n) is 17.1. The molecule has 2 aliphatic heterocycles. The Balaban J connectivity index is 1.51. The molecule has 2 saturated heterocycles. The summed E-state index contributed by atoms with van der Waals surface area (Å²) >= 11 is 0. The lowest BCUT2D eigenvalue weighted by atomic mass is 9.76. The van der Waals surface area contributed by atoms with Crippen LogP contribution in [0.2, 0.25) is 0 Å². The van der Waals surface area contributed by atoms with Crippen LogP contribution in [0, 0.1) is 16.7 Å². The number of primary amides is 1. The van der Waals surface area contributed by atoms with Crippen LogP contribution in [0.25, 0.3) is 0 Å². The average Bonchev–Trinajstić information content (AvgIpc) is 3.42. The number of amides is 2. The molecular formula is C22H21F3N4O3. The molecule has 10 heteroatoms. The number of benzene rings is 1. The van der Waals surface area contributed by atoms with Gasteiger partial charge in [-0.15, -0.1) is 0 Å². The number of carbonyl (C=O) groups is 2. The molecule has 1 atom stereocenters. The highest BCUT2D eigenvalue weighted by molar-refractivity contribution is 5.95. The van der Waals surface area contributed by atoms with E-state index in [-0.39, 0.29) is 11.2 Å². The second-order valence-corrected chi connectivity index (χ2v) is 8.36. The van der Waals surface area contributed by atoms with Crippen molar-refractivity contribution in [2.75, 3.05) is 24.5 Å². The highest BCUT2D eigenvalue weighted by Gasteiger charge is 2.49. The Bertz CT molecular complexity index is 1070. The monoisotopic (exact) mass is 446 g/mol. The molecule has 2 N–H and O–H groups in total. The fourth-order valence-electron chi connectivity index (χ4n) is 4.73. The molecule has 168 valence electrons. The number of piperidine rings is 1. The van der Waals surface area contributed by atoms with Crippen LogP contribution >= 0.6 is 0 Å². The molecule has 0 saturated carbocycles. The molecule has 1 aromatic carbocycles. The van der Waals surface area contributed by atoms with E-state index in [9.17, 15) is 22.8 Å². The smallest absolute Gasteiger partial charge is 0.417 e. The first-order valence-corrected chi connectivity index (χ1v) is 10.1. The number of rotatable bonds is 3. The third kappa shape index (κ3) is 3.90. The molecule has 4 rings (SSSR count). The molecule has 1 aromatic heterocycles. The van der Waals surface area contributed by atoms with Gasteiger partial charge in [0.15, 0.2) is 5.76 Å². The maximum absolute atomic E-state index is 13.3. The number of carbonyl (C=O) groups excluding carboxylic acids is 2. The standard InChI is InChI=1S/C22H21F3N4O3/c23-22(24,25)16-10-15(4-3-14(16)12-26)28-7-5-21(6-8-28)11-17(19(27)30)29(13-21)20(31)18-2-1-9-32-18/h1-4,9-10,17H,5-8,11,13H2,(H2,27,30). The van der Waals surface area contributed by atoms with Crippen molar-refractivity contribution < 1.29 is 27.2 Å². The van der Waals surface area contributed by atoms with Crippen molar-refractivity contribution in [3.8, 4) is 6.07 Å². The number of likely N-dealkylation sites (tertiary alicyclic amines) is 1. The Morgan fingerprint density at radius 1 is 1.22 bits per heavy atom. The molecule has 2 aliphatic rings. The zero-order chi connectivity index (χ0) is 23.1. The van der Waals surface area contributed by atoms with Crippen LogP contribution in [-0.4, -0.2) is 42.4 Å². The van der Waals surface area contributed by atoms with Gasteiger partial charge in [0.25, 0.3) is 5.91 Å². The van der Waals surface area contributed by atoms with E-state index in [2.05, 4.69) is 0 Å². The predicted octanol–water partition coefficient (Wildman–Crippen LogP) is 3.16. The number of furan rings is 1. The summed E-state index contributed by atoms with van der Waals surface area (Å²) in [5, 5.41) is 8.99. The van der Waals surface area contributed by atoms with Crippen LogP contribution in [0.4, 0.5) is 18.9 Å². The molecule has 7 nitrogen and oxygen atoms in total. The SMILES string of the molecule is N#Cc1ccc(N2CCC3(CC2)CC(C(N)=O)N(C(=O)c2ccco2)C3)cc1C(F)(F)F. The van der Waals surface area contributed by atoms with Crippen LogP contribution in [0.15, 0.2) is 41.0 Å². The summed E-state index contributed by atoms with van der Waals surface area (Å²) in [5.74, 6) is -0.867. The van der Waals surface area contributed by atoms with Gasteiger partial charge in [0.2, 0.25) is 5.91 Å². The van der Waals surface area contributed by atoms with Crippen molar-refractivity contribution in [2.45, 2.75) is 31.5 Å². The van der Waals surface area contributed by atoms with Crippen LogP contribution < -0.4 is 10.6 Å². The quantitative estimate of drug-likeness (QED) is 0.780. The van der Waals surface area contributed by atoms with Gasteiger partial charge in [-0.05, 0) is 55.0 Å².